The lowest BCUT2D eigenvalue weighted by atomic mass is 9.99. The van der Waals surface area contributed by atoms with Crippen LogP contribution in [-0.2, 0) is 6.54 Å². The van der Waals surface area contributed by atoms with E-state index in [1.165, 1.54) is 28.7 Å². The first-order valence-corrected chi connectivity index (χ1v) is 10.8. The summed E-state index contributed by atoms with van der Waals surface area (Å²) in [6.07, 6.45) is 3.30. The first kappa shape index (κ1) is 19.6. The van der Waals surface area contributed by atoms with Crippen LogP contribution in [0.3, 0.4) is 0 Å². The molecular weight excluding hydrogens is 394 g/mol. The Bertz CT molecular complexity index is 1010. The van der Waals surface area contributed by atoms with Gasteiger partial charge in [-0.25, -0.2) is 4.98 Å². The maximum atomic E-state index is 12.9. The number of thiophene rings is 1. The van der Waals surface area contributed by atoms with Crippen molar-refractivity contribution in [1.82, 2.24) is 14.5 Å². The zero-order valence-corrected chi connectivity index (χ0v) is 17.4. The smallest absolute Gasteiger partial charge is 0.271 e. The van der Waals surface area contributed by atoms with Gasteiger partial charge in [0, 0.05) is 16.4 Å². The Balaban J connectivity index is 1.51. The molecule has 1 fully saturated rings. The van der Waals surface area contributed by atoms with Gasteiger partial charge in [-0.2, -0.15) is 0 Å². The predicted octanol–water partition coefficient (Wildman–Crippen LogP) is 3.87. The largest absolute Gasteiger partial charge is 0.390 e. The van der Waals surface area contributed by atoms with Crippen LogP contribution in [0.5, 0.6) is 0 Å². The van der Waals surface area contributed by atoms with Gasteiger partial charge in [-0.3, -0.25) is 9.36 Å². The predicted molar refractivity (Wildman–Crippen MR) is 115 cm³/mol. The Labute approximate surface area is 173 Å². The molecule has 4 rings (SSSR count). The number of fused-ring (bicyclic) bond motifs is 1. The van der Waals surface area contributed by atoms with Gasteiger partial charge in [-0.1, -0.05) is 30.7 Å². The molecule has 0 saturated carbocycles. The fourth-order valence-corrected chi connectivity index (χ4v) is 4.85. The Kier molecular flexibility index (Phi) is 5.83. The molecule has 1 aliphatic rings. The van der Waals surface area contributed by atoms with Gasteiger partial charge in [-0.15, -0.1) is 11.3 Å². The van der Waals surface area contributed by atoms with Gasteiger partial charge < -0.3 is 10.0 Å². The van der Waals surface area contributed by atoms with Gasteiger partial charge in [0.05, 0.1) is 24.5 Å². The molecule has 3 heterocycles. The number of β-amino-alcohol motifs (C(OH)–C–C–N with tert-alkyl or cyclic N) is 1. The highest BCUT2D eigenvalue weighted by atomic mass is 35.5. The minimum absolute atomic E-state index is 0.0958. The number of aliphatic hydroxyl groups excluding tert-OH is 1. The highest BCUT2D eigenvalue weighted by Crippen LogP contribution is 2.31. The maximum Gasteiger partial charge on any atom is 0.271 e. The summed E-state index contributed by atoms with van der Waals surface area (Å²) in [5.41, 5.74) is 1.61. The molecule has 1 atom stereocenters. The Morgan fingerprint density at radius 3 is 2.68 bits per heavy atom. The lowest BCUT2D eigenvalue weighted by Gasteiger charge is -2.31. The number of aliphatic hydroxyl groups is 1. The van der Waals surface area contributed by atoms with Crippen LogP contribution in [0.25, 0.3) is 20.7 Å². The number of rotatable bonds is 5. The van der Waals surface area contributed by atoms with E-state index < -0.39 is 6.10 Å². The van der Waals surface area contributed by atoms with E-state index in [2.05, 4.69) is 16.8 Å². The second-order valence-corrected chi connectivity index (χ2v) is 9.16. The van der Waals surface area contributed by atoms with Crippen LogP contribution in [0.4, 0.5) is 0 Å². The summed E-state index contributed by atoms with van der Waals surface area (Å²) in [5, 5.41) is 11.2. The fraction of sp³-hybridized carbons (Fsp3) is 0.429. The van der Waals surface area contributed by atoms with Crippen molar-refractivity contribution >= 4 is 33.2 Å². The molecule has 0 amide bonds. The molecule has 0 bridgehead atoms. The van der Waals surface area contributed by atoms with E-state index in [1.807, 2.05) is 30.3 Å². The molecule has 148 valence electrons. The molecule has 28 heavy (non-hydrogen) atoms. The fourth-order valence-electron chi connectivity index (χ4n) is 3.66. The van der Waals surface area contributed by atoms with Crippen molar-refractivity contribution in [1.29, 1.82) is 0 Å². The maximum absolute atomic E-state index is 12.9. The third-order valence-electron chi connectivity index (χ3n) is 5.39. The minimum atomic E-state index is -0.582. The van der Waals surface area contributed by atoms with E-state index >= 15 is 0 Å². The zero-order valence-electron chi connectivity index (χ0n) is 15.8. The van der Waals surface area contributed by atoms with E-state index in [4.69, 9.17) is 11.6 Å². The van der Waals surface area contributed by atoms with E-state index in [9.17, 15) is 9.90 Å². The molecule has 1 aromatic carbocycles. The second-order valence-electron chi connectivity index (χ2n) is 7.67. The van der Waals surface area contributed by atoms with Crippen molar-refractivity contribution < 1.29 is 5.11 Å². The number of hydrogen-bond donors (Lipinski definition) is 1. The molecule has 1 saturated heterocycles. The molecule has 5 nitrogen and oxygen atoms in total. The van der Waals surface area contributed by atoms with Crippen LogP contribution >= 0.6 is 22.9 Å². The highest BCUT2D eigenvalue weighted by molar-refractivity contribution is 7.22. The van der Waals surface area contributed by atoms with Gasteiger partial charge in [0.15, 0.2) is 0 Å². The van der Waals surface area contributed by atoms with Crippen LogP contribution in [0.1, 0.15) is 19.8 Å². The molecule has 2 aromatic heterocycles. The lowest BCUT2D eigenvalue weighted by molar-refractivity contribution is 0.0794. The van der Waals surface area contributed by atoms with Crippen molar-refractivity contribution in [2.45, 2.75) is 32.4 Å². The average Bonchev–Trinajstić information content (AvgIpc) is 3.12. The SMILES string of the molecule is CC1CCN(CC(O)Cn2cnc3cc(-c4ccc(Cl)cc4)sc3c2=O)CC1. The summed E-state index contributed by atoms with van der Waals surface area (Å²) in [4.78, 5) is 20.6. The number of benzene rings is 1. The van der Waals surface area contributed by atoms with Gasteiger partial charge in [0.2, 0.25) is 0 Å². The number of aromatic nitrogens is 2. The van der Waals surface area contributed by atoms with Gasteiger partial charge in [0.25, 0.3) is 5.56 Å². The molecule has 0 spiro atoms. The van der Waals surface area contributed by atoms with Gasteiger partial charge >= 0.3 is 0 Å². The van der Waals surface area contributed by atoms with Crippen LogP contribution in [-0.4, -0.2) is 45.3 Å². The third kappa shape index (κ3) is 4.30. The number of hydrogen-bond acceptors (Lipinski definition) is 5. The molecule has 0 aliphatic carbocycles. The molecule has 1 N–H and O–H groups in total. The summed E-state index contributed by atoms with van der Waals surface area (Å²) >= 11 is 7.39. The van der Waals surface area contributed by atoms with Crippen LogP contribution in [0.15, 0.2) is 41.5 Å². The Morgan fingerprint density at radius 2 is 1.96 bits per heavy atom. The van der Waals surface area contributed by atoms with Crippen LogP contribution in [0.2, 0.25) is 5.02 Å². The summed E-state index contributed by atoms with van der Waals surface area (Å²) < 4.78 is 2.15. The quantitative estimate of drug-likeness (QED) is 0.684. The first-order chi connectivity index (χ1) is 13.5. The number of nitrogens with zero attached hydrogens (tertiary/aromatic N) is 3. The summed E-state index contributed by atoms with van der Waals surface area (Å²) in [7, 11) is 0. The standard InChI is InChI=1S/C21H24ClN3O2S/c1-14-6-8-24(9-7-14)11-17(26)12-25-13-23-18-10-19(28-20(18)21(25)27)15-2-4-16(22)5-3-15/h2-5,10,13-14,17,26H,6-9,11-12H2,1H3. The topological polar surface area (TPSA) is 58.4 Å². The van der Waals surface area contributed by atoms with Gasteiger partial charge in [-0.05, 0) is 55.6 Å². The number of likely N-dealkylation sites (tertiary alicyclic amines) is 1. The second kappa shape index (κ2) is 8.33. The van der Waals surface area contributed by atoms with Crippen LogP contribution < -0.4 is 5.56 Å². The molecule has 3 aromatic rings. The van der Waals surface area contributed by atoms with Crippen LogP contribution in [0, 0.1) is 5.92 Å². The Hall–Kier alpha value is -1.73. The Morgan fingerprint density at radius 1 is 1.25 bits per heavy atom. The van der Waals surface area contributed by atoms with Gasteiger partial charge in [0.1, 0.15) is 4.70 Å². The van der Waals surface area contributed by atoms with Crippen molar-refractivity contribution in [3.63, 3.8) is 0 Å². The molecular formula is C21H24ClN3O2S. The minimum Gasteiger partial charge on any atom is -0.390 e. The molecule has 7 heteroatoms. The normalized spacial score (nSPS) is 17.2. The van der Waals surface area contributed by atoms with Crippen molar-refractivity contribution in [3.8, 4) is 10.4 Å². The average molecular weight is 418 g/mol. The zero-order chi connectivity index (χ0) is 19.7. The summed E-state index contributed by atoms with van der Waals surface area (Å²) in [6, 6.07) is 9.49. The molecule has 1 aliphatic heterocycles. The highest BCUT2D eigenvalue weighted by Gasteiger charge is 2.19. The first-order valence-electron chi connectivity index (χ1n) is 9.65. The van der Waals surface area contributed by atoms with Crippen molar-refractivity contribution in [2.75, 3.05) is 19.6 Å². The summed E-state index contributed by atoms with van der Waals surface area (Å²) in [6.45, 7) is 5.16. The van der Waals surface area contributed by atoms with E-state index in [0.29, 0.717) is 21.8 Å². The molecule has 1 unspecified atom stereocenters. The van der Waals surface area contributed by atoms with Crippen molar-refractivity contribution in [2.24, 2.45) is 5.92 Å². The molecule has 0 radical (unpaired) electrons. The monoisotopic (exact) mass is 417 g/mol. The summed E-state index contributed by atoms with van der Waals surface area (Å²) in [5.74, 6) is 0.760. The van der Waals surface area contributed by atoms with Crippen molar-refractivity contribution in [3.05, 3.63) is 52.0 Å². The van der Waals surface area contributed by atoms with E-state index in [1.54, 1.807) is 6.33 Å². The number of piperidine rings is 1. The third-order valence-corrected chi connectivity index (χ3v) is 6.80. The van der Waals surface area contributed by atoms with E-state index in [-0.39, 0.29) is 12.1 Å². The lowest BCUT2D eigenvalue weighted by Crippen LogP contribution is -2.40. The number of halogens is 1. The van der Waals surface area contributed by atoms with E-state index in [0.717, 1.165) is 29.4 Å².